The Bertz CT molecular complexity index is 1140. The fourth-order valence-corrected chi connectivity index (χ4v) is 4.32. The first-order valence-electron chi connectivity index (χ1n) is 11.0. The van der Waals surface area contributed by atoms with Crippen molar-refractivity contribution in [1.82, 2.24) is 9.47 Å². The van der Waals surface area contributed by atoms with E-state index in [-0.39, 0.29) is 34.8 Å². The quantitative estimate of drug-likeness (QED) is 0.442. The molecule has 2 aromatic rings. The number of carbonyl (C=O) groups excluding carboxylic acids is 2. The summed E-state index contributed by atoms with van der Waals surface area (Å²) in [7, 11) is 0. The Morgan fingerprint density at radius 3 is 2.70 bits per heavy atom. The molecule has 8 nitrogen and oxygen atoms in total. The van der Waals surface area contributed by atoms with Gasteiger partial charge in [0.2, 0.25) is 0 Å². The fraction of sp³-hybridized carbons (Fsp3) is 0.458. The summed E-state index contributed by atoms with van der Waals surface area (Å²) in [4.78, 5) is 37.8. The molecule has 1 amide bonds. The van der Waals surface area contributed by atoms with Crippen molar-refractivity contribution < 1.29 is 23.8 Å². The highest BCUT2D eigenvalue weighted by molar-refractivity contribution is 6.32. The summed E-state index contributed by atoms with van der Waals surface area (Å²) in [5.41, 5.74) is 1.14. The molecule has 2 aliphatic rings. The summed E-state index contributed by atoms with van der Waals surface area (Å²) < 4.78 is 18.9. The molecule has 1 aromatic carbocycles. The summed E-state index contributed by atoms with van der Waals surface area (Å²) in [6.07, 6.45) is 1.96. The first kappa shape index (κ1) is 23.2. The molecule has 1 atom stereocenters. The zero-order valence-electron chi connectivity index (χ0n) is 18.9. The van der Waals surface area contributed by atoms with E-state index in [0.29, 0.717) is 67.1 Å². The highest BCUT2D eigenvalue weighted by Crippen LogP contribution is 2.42. The van der Waals surface area contributed by atoms with Crippen LogP contribution in [0.2, 0.25) is 5.02 Å². The maximum absolute atomic E-state index is 12.6. The number of benzene rings is 1. The van der Waals surface area contributed by atoms with Gasteiger partial charge in [-0.15, -0.1) is 0 Å². The van der Waals surface area contributed by atoms with Crippen LogP contribution >= 0.6 is 11.6 Å². The molecule has 9 heteroatoms. The number of nitrogens with zero attached hydrogens (tertiary/aromatic N) is 2. The van der Waals surface area contributed by atoms with Gasteiger partial charge in [-0.05, 0) is 25.3 Å². The smallest absolute Gasteiger partial charge is 0.409 e. The number of fused-ring (bicyclic) bond motifs is 3. The highest BCUT2D eigenvalue weighted by Gasteiger charge is 2.27. The van der Waals surface area contributed by atoms with Gasteiger partial charge in [0.15, 0.2) is 11.2 Å². The minimum Gasteiger partial charge on any atom is -0.492 e. The van der Waals surface area contributed by atoms with E-state index in [2.05, 4.69) is 13.8 Å². The van der Waals surface area contributed by atoms with E-state index in [1.54, 1.807) is 23.2 Å². The van der Waals surface area contributed by atoms with Gasteiger partial charge in [0, 0.05) is 30.4 Å². The van der Waals surface area contributed by atoms with Crippen LogP contribution in [0.3, 0.4) is 0 Å². The Morgan fingerprint density at radius 2 is 2.03 bits per heavy atom. The number of carbonyl (C=O) groups is 2. The fourth-order valence-electron chi connectivity index (χ4n) is 4.10. The lowest BCUT2D eigenvalue weighted by Crippen LogP contribution is -2.26. The van der Waals surface area contributed by atoms with Crippen molar-refractivity contribution in [3.05, 3.63) is 45.2 Å². The Labute approximate surface area is 197 Å². The van der Waals surface area contributed by atoms with Gasteiger partial charge >= 0.3 is 6.09 Å². The van der Waals surface area contributed by atoms with Crippen molar-refractivity contribution in [3.63, 3.8) is 0 Å². The molecular formula is C24H27ClN2O6. The van der Waals surface area contributed by atoms with Gasteiger partial charge in [-0.3, -0.25) is 9.59 Å². The van der Waals surface area contributed by atoms with Gasteiger partial charge in [-0.25, -0.2) is 4.79 Å². The molecule has 3 heterocycles. The molecule has 4 rings (SSSR count). The van der Waals surface area contributed by atoms with Crippen LogP contribution in [0, 0.1) is 5.92 Å². The lowest BCUT2D eigenvalue weighted by molar-refractivity contribution is 0.101. The molecular weight excluding hydrogens is 448 g/mol. The van der Waals surface area contributed by atoms with Crippen molar-refractivity contribution >= 4 is 23.5 Å². The van der Waals surface area contributed by atoms with Crippen molar-refractivity contribution in [2.75, 3.05) is 32.9 Å². The molecule has 0 spiro atoms. The third-order valence-electron chi connectivity index (χ3n) is 5.98. The predicted molar refractivity (Wildman–Crippen MR) is 124 cm³/mol. The first-order chi connectivity index (χ1) is 15.8. The van der Waals surface area contributed by atoms with E-state index in [4.69, 9.17) is 25.8 Å². The lowest BCUT2D eigenvalue weighted by atomic mass is 10.0. The number of hydrogen-bond donors (Lipinski definition) is 0. The standard InChI is InChI=1S/C24H27ClN2O6/c1-14(2)20-13-33-22-11-23(31-7-4-5-26-6-8-32-24(26)30)18(25)9-16(22)19-10-21(29)17(15(3)28)12-27(19)20/h9-12,14,20H,4-8,13H2,1-3H3. The summed E-state index contributed by atoms with van der Waals surface area (Å²) in [5.74, 6) is 0.956. The van der Waals surface area contributed by atoms with E-state index in [1.165, 1.54) is 13.0 Å². The Morgan fingerprint density at radius 1 is 1.24 bits per heavy atom. The molecule has 0 aliphatic carbocycles. The number of aromatic nitrogens is 1. The maximum Gasteiger partial charge on any atom is 0.409 e. The van der Waals surface area contributed by atoms with Crippen LogP contribution in [0.15, 0.2) is 29.2 Å². The zero-order valence-corrected chi connectivity index (χ0v) is 19.7. The van der Waals surface area contributed by atoms with Crippen molar-refractivity contribution in [2.24, 2.45) is 5.92 Å². The minimum atomic E-state index is -0.332. The highest BCUT2D eigenvalue weighted by atomic mass is 35.5. The van der Waals surface area contributed by atoms with Crippen molar-refractivity contribution in [1.29, 1.82) is 0 Å². The van der Waals surface area contributed by atoms with Gasteiger partial charge < -0.3 is 23.7 Å². The minimum absolute atomic E-state index is 0.0746. The van der Waals surface area contributed by atoms with E-state index >= 15 is 0 Å². The third-order valence-corrected chi connectivity index (χ3v) is 6.28. The van der Waals surface area contributed by atoms with E-state index in [0.717, 1.165) is 0 Å². The SMILES string of the molecule is CC(=O)c1cn2c(cc1=O)-c1cc(Cl)c(OCCCN3CCOC3=O)cc1OCC2C(C)C. The number of Topliss-reactive ketones (excluding diaryl/α,β-unsaturated/α-hetero) is 1. The first-order valence-corrected chi connectivity index (χ1v) is 11.4. The molecule has 2 aliphatic heterocycles. The molecule has 0 radical (unpaired) electrons. The molecule has 33 heavy (non-hydrogen) atoms. The molecule has 1 saturated heterocycles. The van der Waals surface area contributed by atoms with Crippen molar-refractivity contribution in [3.8, 4) is 22.8 Å². The van der Waals surface area contributed by atoms with E-state index < -0.39 is 0 Å². The summed E-state index contributed by atoms with van der Waals surface area (Å²) in [6, 6.07) is 4.87. The summed E-state index contributed by atoms with van der Waals surface area (Å²) in [6.45, 7) is 7.82. The summed E-state index contributed by atoms with van der Waals surface area (Å²) >= 11 is 6.52. The average molecular weight is 475 g/mol. The van der Waals surface area contributed by atoms with Gasteiger partial charge in [0.05, 0.1) is 35.5 Å². The molecule has 0 saturated carbocycles. The second kappa shape index (κ2) is 9.47. The number of amides is 1. The molecule has 1 fully saturated rings. The Balaban J connectivity index is 1.61. The van der Waals surface area contributed by atoms with Crippen LogP contribution in [0.25, 0.3) is 11.3 Å². The van der Waals surface area contributed by atoms with Gasteiger partial charge in [0.1, 0.15) is 24.7 Å². The van der Waals surface area contributed by atoms with Gasteiger partial charge in [0.25, 0.3) is 0 Å². The molecule has 176 valence electrons. The van der Waals surface area contributed by atoms with Crippen LogP contribution in [0.1, 0.15) is 43.6 Å². The zero-order chi connectivity index (χ0) is 23.7. The van der Waals surface area contributed by atoms with Crippen LogP contribution < -0.4 is 14.9 Å². The lowest BCUT2D eigenvalue weighted by Gasteiger charge is -2.24. The van der Waals surface area contributed by atoms with Crippen molar-refractivity contribution in [2.45, 2.75) is 33.2 Å². The normalized spacial score (nSPS) is 17.2. The molecule has 0 N–H and O–H groups in total. The predicted octanol–water partition coefficient (Wildman–Crippen LogP) is 4.18. The topological polar surface area (TPSA) is 87.1 Å². The maximum atomic E-state index is 12.6. The average Bonchev–Trinajstić information content (AvgIpc) is 3.10. The second-order valence-corrected chi connectivity index (χ2v) is 9.01. The van der Waals surface area contributed by atoms with E-state index in [9.17, 15) is 14.4 Å². The molecule has 1 unspecified atom stereocenters. The number of cyclic esters (lactones) is 1. The largest absolute Gasteiger partial charge is 0.492 e. The van der Waals surface area contributed by atoms with E-state index in [1.807, 2.05) is 4.57 Å². The molecule has 0 bridgehead atoms. The van der Waals surface area contributed by atoms with Gasteiger partial charge in [-0.2, -0.15) is 0 Å². The molecule has 1 aromatic heterocycles. The second-order valence-electron chi connectivity index (χ2n) is 8.60. The Kier molecular flexibility index (Phi) is 6.65. The van der Waals surface area contributed by atoms with Crippen LogP contribution in [0.4, 0.5) is 4.79 Å². The third kappa shape index (κ3) is 4.71. The van der Waals surface area contributed by atoms with Crippen LogP contribution in [-0.2, 0) is 4.74 Å². The Hall–Kier alpha value is -3.00. The number of ether oxygens (including phenoxy) is 3. The monoisotopic (exact) mass is 474 g/mol. The number of pyridine rings is 1. The number of ketones is 1. The number of rotatable bonds is 7. The van der Waals surface area contributed by atoms with Crippen LogP contribution in [-0.4, -0.2) is 54.3 Å². The summed E-state index contributed by atoms with van der Waals surface area (Å²) in [5, 5.41) is 0.385. The number of halogens is 1. The van der Waals surface area contributed by atoms with Crippen LogP contribution in [0.5, 0.6) is 11.5 Å². The number of hydrogen-bond acceptors (Lipinski definition) is 6. The van der Waals surface area contributed by atoms with Gasteiger partial charge in [-0.1, -0.05) is 25.4 Å².